The second kappa shape index (κ2) is 6.22. The number of rotatable bonds is 5. The van der Waals surface area contributed by atoms with Crippen LogP contribution < -0.4 is 10.5 Å². The van der Waals surface area contributed by atoms with Gasteiger partial charge in [-0.2, -0.15) is 10.4 Å². The smallest absolute Gasteiger partial charge is 0.142 e. The zero-order valence-corrected chi connectivity index (χ0v) is 11.7. The van der Waals surface area contributed by atoms with Gasteiger partial charge >= 0.3 is 0 Å². The molecule has 0 spiro atoms. The maximum Gasteiger partial charge on any atom is 0.142 e. The van der Waals surface area contributed by atoms with Crippen molar-refractivity contribution in [2.45, 2.75) is 25.5 Å². The van der Waals surface area contributed by atoms with E-state index >= 15 is 0 Å². The van der Waals surface area contributed by atoms with Gasteiger partial charge in [-0.1, -0.05) is 19.1 Å². The monoisotopic (exact) mass is 270 g/mol. The van der Waals surface area contributed by atoms with Gasteiger partial charge in [0.25, 0.3) is 0 Å². The minimum absolute atomic E-state index is 0.161. The van der Waals surface area contributed by atoms with Gasteiger partial charge in [0, 0.05) is 24.8 Å². The van der Waals surface area contributed by atoms with E-state index in [4.69, 9.17) is 15.7 Å². The summed E-state index contributed by atoms with van der Waals surface area (Å²) in [5, 5.41) is 13.3. The Hall–Kier alpha value is -2.32. The third kappa shape index (κ3) is 2.98. The first kappa shape index (κ1) is 14.1. The fraction of sp³-hybridized carbons (Fsp3) is 0.333. The van der Waals surface area contributed by atoms with Crippen LogP contribution in [0.15, 0.2) is 36.7 Å². The summed E-state index contributed by atoms with van der Waals surface area (Å²) in [6.45, 7) is 2.01. The highest BCUT2D eigenvalue weighted by Gasteiger charge is 2.23. The molecule has 1 aromatic heterocycles. The number of aryl methyl sites for hydroxylation is 1. The molecule has 0 saturated heterocycles. The molecule has 0 fully saturated rings. The molecule has 0 amide bonds. The van der Waals surface area contributed by atoms with Crippen molar-refractivity contribution < 1.29 is 4.74 Å². The summed E-state index contributed by atoms with van der Waals surface area (Å²) in [5.41, 5.74) is 7.57. The van der Waals surface area contributed by atoms with Gasteiger partial charge < -0.3 is 10.5 Å². The van der Waals surface area contributed by atoms with Crippen molar-refractivity contribution in [3.8, 4) is 11.8 Å². The van der Waals surface area contributed by atoms with Crippen molar-refractivity contribution in [1.82, 2.24) is 9.78 Å². The SMILES string of the molecule is CCC(N)C(Oc1ccccc1C#N)c1cnn(C)c1. The Bertz CT molecular complexity index is 614. The van der Waals surface area contributed by atoms with Gasteiger partial charge in [0.2, 0.25) is 0 Å². The first-order chi connectivity index (χ1) is 9.65. The number of aromatic nitrogens is 2. The molecular weight excluding hydrogens is 252 g/mol. The third-order valence-electron chi connectivity index (χ3n) is 3.18. The molecule has 0 aliphatic rings. The van der Waals surface area contributed by atoms with E-state index in [1.54, 1.807) is 23.0 Å². The van der Waals surface area contributed by atoms with Crippen LogP contribution in [0.3, 0.4) is 0 Å². The Morgan fingerprint density at radius 1 is 1.45 bits per heavy atom. The predicted molar refractivity (Wildman–Crippen MR) is 76.0 cm³/mol. The number of para-hydroxylation sites is 1. The molecule has 5 nitrogen and oxygen atoms in total. The van der Waals surface area contributed by atoms with Crippen LogP contribution in [0.2, 0.25) is 0 Å². The minimum Gasteiger partial charge on any atom is -0.483 e. The van der Waals surface area contributed by atoms with Gasteiger partial charge in [-0.05, 0) is 18.6 Å². The molecule has 1 aromatic carbocycles. The number of hydrogen-bond donors (Lipinski definition) is 1. The highest BCUT2D eigenvalue weighted by molar-refractivity contribution is 5.43. The largest absolute Gasteiger partial charge is 0.483 e. The van der Waals surface area contributed by atoms with Crippen LogP contribution in [-0.4, -0.2) is 15.8 Å². The molecule has 20 heavy (non-hydrogen) atoms. The molecule has 0 radical (unpaired) electrons. The normalized spacial score (nSPS) is 13.5. The first-order valence-corrected chi connectivity index (χ1v) is 6.55. The Morgan fingerprint density at radius 2 is 2.20 bits per heavy atom. The number of nitrogens with two attached hydrogens (primary N) is 1. The van der Waals surface area contributed by atoms with E-state index in [2.05, 4.69) is 11.2 Å². The van der Waals surface area contributed by atoms with Gasteiger partial charge in [-0.3, -0.25) is 4.68 Å². The van der Waals surface area contributed by atoms with E-state index < -0.39 is 0 Å². The summed E-state index contributed by atoms with van der Waals surface area (Å²) in [6.07, 6.45) is 4.08. The molecule has 5 heteroatoms. The van der Waals surface area contributed by atoms with Crippen molar-refractivity contribution in [3.05, 3.63) is 47.8 Å². The molecule has 104 valence electrons. The Balaban J connectivity index is 2.31. The van der Waals surface area contributed by atoms with Gasteiger partial charge in [0.1, 0.15) is 17.9 Å². The van der Waals surface area contributed by atoms with E-state index in [-0.39, 0.29) is 12.1 Å². The van der Waals surface area contributed by atoms with Crippen LogP contribution >= 0.6 is 0 Å². The van der Waals surface area contributed by atoms with Crippen molar-refractivity contribution >= 4 is 0 Å². The summed E-state index contributed by atoms with van der Waals surface area (Å²) in [6, 6.07) is 9.13. The van der Waals surface area contributed by atoms with Crippen molar-refractivity contribution in [2.24, 2.45) is 12.8 Å². The van der Waals surface area contributed by atoms with E-state index in [1.807, 2.05) is 32.3 Å². The van der Waals surface area contributed by atoms with Crippen molar-refractivity contribution in [3.63, 3.8) is 0 Å². The molecule has 0 saturated carbocycles. The summed E-state index contributed by atoms with van der Waals surface area (Å²) < 4.78 is 7.70. The van der Waals surface area contributed by atoms with Crippen LogP contribution in [0, 0.1) is 11.3 Å². The van der Waals surface area contributed by atoms with Gasteiger partial charge in [-0.15, -0.1) is 0 Å². The van der Waals surface area contributed by atoms with E-state index in [9.17, 15) is 0 Å². The topological polar surface area (TPSA) is 76.9 Å². The molecule has 2 aromatic rings. The Labute approximate surface area is 118 Å². The molecule has 2 N–H and O–H groups in total. The average molecular weight is 270 g/mol. The molecule has 2 rings (SSSR count). The van der Waals surface area contributed by atoms with E-state index in [0.717, 1.165) is 12.0 Å². The molecule has 0 aliphatic heterocycles. The second-order valence-electron chi connectivity index (χ2n) is 4.67. The molecule has 2 atom stereocenters. The lowest BCUT2D eigenvalue weighted by Crippen LogP contribution is -2.31. The maximum absolute atomic E-state index is 9.12. The highest BCUT2D eigenvalue weighted by Crippen LogP contribution is 2.27. The average Bonchev–Trinajstić information content (AvgIpc) is 2.90. The fourth-order valence-electron chi connectivity index (χ4n) is 2.00. The second-order valence-corrected chi connectivity index (χ2v) is 4.67. The number of nitriles is 1. The molecule has 0 aliphatic carbocycles. The lowest BCUT2D eigenvalue weighted by Gasteiger charge is -2.23. The number of ether oxygens (including phenoxy) is 1. The maximum atomic E-state index is 9.12. The minimum atomic E-state index is -0.316. The summed E-state index contributed by atoms with van der Waals surface area (Å²) in [4.78, 5) is 0. The van der Waals surface area contributed by atoms with Crippen LogP contribution in [-0.2, 0) is 7.05 Å². The predicted octanol–water partition coefficient (Wildman–Crippen LogP) is 2.15. The Kier molecular flexibility index (Phi) is 4.38. The van der Waals surface area contributed by atoms with Crippen molar-refractivity contribution in [2.75, 3.05) is 0 Å². The standard InChI is InChI=1S/C15H18N4O/c1-3-13(17)15(12-9-18-19(2)10-12)20-14-7-5-4-6-11(14)8-16/h4-7,9-10,13,15H,3,17H2,1-2H3. The number of hydrogen-bond acceptors (Lipinski definition) is 4. The summed E-state index contributed by atoms with van der Waals surface area (Å²) in [7, 11) is 1.85. The quantitative estimate of drug-likeness (QED) is 0.903. The number of nitrogens with zero attached hydrogens (tertiary/aromatic N) is 3. The van der Waals surface area contributed by atoms with E-state index in [1.165, 1.54) is 0 Å². The summed E-state index contributed by atoms with van der Waals surface area (Å²) in [5.74, 6) is 0.549. The van der Waals surface area contributed by atoms with Crippen LogP contribution in [0.1, 0.15) is 30.6 Å². The number of benzene rings is 1. The molecule has 2 unspecified atom stereocenters. The highest BCUT2D eigenvalue weighted by atomic mass is 16.5. The van der Waals surface area contributed by atoms with Gasteiger partial charge in [0.15, 0.2) is 0 Å². The van der Waals surface area contributed by atoms with Crippen LogP contribution in [0.5, 0.6) is 5.75 Å². The lowest BCUT2D eigenvalue weighted by molar-refractivity contribution is 0.170. The molecule has 0 bridgehead atoms. The molecular formula is C15H18N4O. The first-order valence-electron chi connectivity index (χ1n) is 6.55. The van der Waals surface area contributed by atoms with Crippen LogP contribution in [0.4, 0.5) is 0 Å². The summed E-state index contributed by atoms with van der Waals surface area (Å²) >= 11 is 0. The van der Waals surface area contributed by atoms with E-state index in [0.29, 0.717) is 11.3 Å². The third-order valence-corrected chi connectivity index (χ3v) is 3.18. The zero-order chi connectivity index (χ0) is 14.5. The van der Waals surface area contributed by atoms with Crippen LogP contribution in [0.25, 0.3) is 0 Å². The van der Waals surface area contributed by atoms with Crippen molar-refractivity contribution in [1.29, 1.82) is 5.26 Å². The fourth-order valence-corrected chi connectivity index (χ4v) is 2.00. The zero-order valence-electron chi connectivity index (χ0n) is 11.7. The lowest BCUT2D eigenvalue weighted by atomic mass is 10.0. The Morgan fingerprint density at radius 3 is 2.80 bits per heavy atom. The van der Waals surface area contributed by atoms with Gasteiger partial charge in [0.05, 0.1) is 11.8 Å². The molecule has 1 heterocycles. The van der Waals surface area contributed by atoms with Gasteiger partial charge in [-0.25, -0.2) is 0 Å².